The van der Waals surface area contributed by atoms with Gasteiger partial charge in [-0.05, 0) is 6.92 Å². The summed E-state index contributed by atoms with van der Waals surface area (Å²) in [5, 5.41) is 3.96. The highest BCUT2D eigenvalue weighted by Crippen LogP contribution is 1.87. The van der Waals surface area contributed by atoms with Crippen LogP contribution in [0, 0.1) is 6.92 Å². The van der Waals surface area contributed by atoms with Gasteiger partial charge < -0.3 is 0 Å². The lowest BCUT2D eigenvalue weighted by atomic mass is 10.8. The summed E-state index contributed by atoms with van der Waals surface area (Å²) in [5.41, 5.74) is 0. The van der Waals surface area contributed by atoms with Gasteiger partial charge in [0.25, 0.3) is 0 Å². The van der Waals surface area contributed by atoms with E-state index in [0.29, 0.717) is 5.88 Å². The summed E-state index contributed by atoms with van der Waals surface area (Å²) < 4.78 is 1.67. The van der Waals surface area contributed by atoms with Gasteiger partial charge in [-0.15, -0.1) is 0 Å². The van der Waals surface area contributed by atoms with Crippen LogP contribution < -0.4 is 0 Å². The Morgan fingerprint density at radius 1 is 1.88 bits per heavy atom. The minimum absolute atomic E-state index is 0.598. The zero-order valence-electron chi connectivity index (χ0n) is 4.57. The van der Waals surface area contributed by atoms with E-state index in [0.717, 1.165) is 5.82 Å². The van der Waals surface area contributed by atoms with Crippen LogP contribution in [-0.4, -0.2) is 14.8 Å². The van der Waals surface area contributed by atoms with Gasteiger partial charge >= 0.3 is 0 Å². The molecule has 1 rings (SSSR count). The lowest BCUT2D eigenvalue weighted by Gasteiger charge is -1.86. The molecule has 0 bridgehead atoms. The van der Waals surface area contributed by atoms with Crippen molar-refractivity contribution in [3.63, 3.8) is 0 Å². The first-order chi connectivity index (χ1) is 3.83. The van der Waals surface area contributed by atoms with E-state index in [1.54, 1.807) is 11.0 Å². The summed E-state index contributed by atoms with van der Waals surface area (Å²) >= 11 is 3.98. The first-order valence-corrected chi connectivity index (χ1v) is 2.93. The first-order valence-electron chi connectivity index (χ1n) is 2.30. The van der Waals surface area contributed by atoms with Crippen molar-refractivity contribution in [3.8, 4) is 0 Å². The van der Waals surface area contributed by atoms with Crippen LogP contribution in [0.5, 0.6) is 0 Å². The molecule has 8 heavy (non-hydrogen) atoms. The van der Waals surface area contributed by atoms with Gasteiger partial charge in [-0.25, -0.2) is 9.67 Å². The molecule has 0 unspecified atom stereocenters. The fourth-order valence-electron chi connectivity index (χ4n) is 0.456. The minimum Gasteiger partial charge on any atom is -0.243 e. The summed E-state index contributed by atoms with van der Waals surface area (Å²) in [7, 11) is 0. The molecule has 0 amide bonds. The second-order valence-electron chi connectivity index (χ2n) is 1.47. The molecule has 1 aromatic heterocycles. The van der Waals surface area contributed by atoms with Crippen molar-refractivity contribution in [3.05, 3.63) is 12.2 Å². The lowest BCUT2D eigenvalue weighted by molar-refractivity contribution is 0.743. The van der Waals surface area contributed by atoms with E-state index in [2.05, 4.69) is 22.7 Å². The standard InChI is InChI=1S/C4H7N3S/c1-4-5-2-7(3-8)6-4/h2,8H,3H2,1H3. The summed E-state index contributed by atoms with van der Waals surface area (Å²) in [5.74, 6) is 1.39. The molecular formula is C4H7N3S. The molecule has 0 atom stereocenters. The smallest absolute Gasteiger partial charge is 0.147 e. The Hall–Kier alpha value is -0.510. The van der Waals surface area contributed by atoms with Crippen LogP contribution >= 0.6 is 12.6 Å². The minimum atomic E-state index is 0.598. The van der Waals surface area contributed by atoms with E-state index in [4.69, 9.17) is 0 Å². The number of aromatic nitrogens is 3. The molecule has 0 aliphatic heterocycles. The molecule has 0 spiro atoms. The van der Waals surface area contributed by atoms with Gasteiger partial charge in [0, 0.05) is 0 Å². The van der Waals surface area contributed by atoms with Crippen LogP contribution in [0.25, 0.3) is 0 Å². The number of thiol groups is 1. The van der Waals surface area contributed by atoms with Crippen molar-refractivity contribution < 1.29 is 0 Å². The van der Waals surface area contributed by atoms with Gasteiger partial charge in [0.1, 0.15) is 12.2 Å². The van der Waals surface area contributed by atoms with E-state index < -0.39 is 0 Å². The molecule has 1 aromatic rings. The third kappa shape index (κ3) is 1.01. The Bertz CT molecular complexity index is 172. The zero-order valence-corrected chi connectivity index (χ0v) is 5.47. The number of nitrogens with zero attached hydrogens (tertiary/aromatic N) is 3. The van der Waals surface area contributed by atoms with E-state index >= 15 is 0 Å². The molecule has 4 heteroatoms. The lowest BCUT2D eigenvalue weighted by Crippen LogP contribution is -1.91. The van der Waals surface area contributed by atoms with Gasteiger partial charge in [-0.2, -0.15) is 17.7 Å². The summed E-state index contributed by atoms with van der Waals surface area (Å²) in [4.78, 5) is 3.89. The SMILES string of the molecule is Cc1ncn(CS)n1. The average molecular weight is 129 g/mol. The van der Waals surface area contributed by atoms with Crippen molar-refractivity contribution in [2.45, 2.75) is 12.8 Å². The third-order valence-electron chi connectivity index (χ3n) is 0.796. The van der Waals surface area contributed by atoms with Gasteiger partial charge in [-0.3, -0.25) is 0 Å². The topological polar surface area (TPSA) is 30.7 Å². The highest BCUT2D eigenvalue weighted by Gasteiger charge is 1.88. The third-order valence-corrected chi connectivity index (χ3v) is 1.09. The van der Waals surface area contributed by atoms with Crippen LogP contribution in [0.3, 0.4) is 0 Å². The highest BCUT2D eigenvalue weighted by molar-refractivity contribution is 7.79. The van der Waals surface area contributed by atoms with Gasteiger partial charge in [0.15, 0.2) is 0 Å². The molecule has 3 nitrogen and oxygen atoms in total. The summed E-state index contributed by atoms with van der Waals surface area (Å²) in [6, 6.07) is 0. The maximum Gasteiger partial charge on any atom is 0.147 e. The molecule has 0 aromatic carbocycles. The normalized spacial score (nSPS) is 9.75. The summed E-state index contributed by atoms with van der Waals surface area (Å²) in [6.45, 7) is 1.85. The second kappa shape index (κ2) is 2.17. The molecule has 0 saturated heterocycles. The maximum absolute atomic E-state index is 3.98. The molecule has 1 heterocycles. The Labute approximate surface area is 53.1 Å². The van der Waals surface area contributed by atoms with Crippen molar-refractivity contribution in [1.29, 1.82) is 0 Å². The predicted molar refractivity (Wildman–Crippen MR) is 33.7 cm³/mol. The van der Waals surface area contributed by atoms with Crippen LogP contribution in [0.4, 0.5) is 0 Å². The molecule has 0 radical (unpaired) electrons. The monoisotopic (exact) mass is 129 g/mol. The molecule has 0 saturated carbocycles. The predicted octanol–water partition coefficient (Wildman–Crippen LogP) is 0.474. The fourth-order valence-corrected chi connectivity index (χ4v) is 0.592. The van der Waals surface area contributed by atoms with Crippen LogP contribution in [0.2, 0.25) is 0 Å². The Kier molecular flexibility index (Phi) is 1.53. The van der Waals surface area contributed by atoms with E-state index in [1.165, 1.54) is 0 Å². The molecule has 44 valence electrons. The molecule has 0 aliphatic carbocycles. The Balaban J connectivity index is 2.84. The largest absolute Gasteiger partial charge is 0.243 e. The molecular weight excluding hydrogens is 122 g/mol. The second-order valence-corrected chi connectivity index (χ2v) is 1.76. The molecule has 0 aliphatic rings. The van der Waals surface area contributed by atoms with E-state index in [1.807, 2.05) is 6.92 Å². The van der Waals surface area contributed by atoms with Crippen molar-refractivity contribution >= 4 is 12.6 Å². The quantitative estimate of drug-likeness (QED) is 0.559. The van der Waals surface area contributed by atoms with E-state index in [9.17, 15) is 0 Å². The van der Waals surface area contributed by atoms with Crippen LogP contribution in [-0.2, 0) is 5.88 Å². The van der Waals surface area contributed by atoms with Gasteiger partial charge in [-0.1, -0.05) is 0 Å². The van der Waals surface area contributed by atoms with E-state index in [-0.39, 0.29) is 0 Å². The van der Waals surface area contributed by atoms with Crippen molar-refractivity contribution in [2.75, 3.05) is 0 Å². The number of hydrogen-bond donors (Lipinski definition) is 1. The Morgan fingerprint density at radius 2 is 2.62 bits per heavy atom. The van der Waals surface area contributed by atoms with Crippen molar-refractivity contribution in [1.82, 2.24) is 14.8 Å². The molecule has 0 fully saturated rings. The first kappa shape index (κ1) is 5.62. The van der Waals surface area contributed by atoms with Gasteiger partial charge in [0.05, 0.1) is 5.88 Å². The Morgan fingerprint density at radius 3 is 2.88 bits per heavy atom. The number of rotatable bonds is 1. The average Bonchev–Trinajstić information content (AvgIpc) is 2.14. The number of hydrogen-bond acceptors (Lipinski definition) is 3. The maximum atomic E-state index is 3.98. The highest BCUT2D eigenvalue weighted by atomic mass is 32.1. The fraction of sp³-hybridized carbons (Fsp3) is 0.500. The zero-order chi connectivity index (χ0) is 5.98. The summed E-state index contributed by atoms with van der Waals surface area (Å²) in [6.07, 6.45) is 1.66. The van der Waals surface area contributed by atoms with Crippen LogP contribution in [0.1, 0.15) is 5.82 Å². The number of aryl methyl sites for hydroxylation is 1. The van der Waals surface area contributed by atoms with Crippen molar-refractivity contribution in [2.24, 2.45) is 0 Å². The molecule has 0 N–H and O–H groups in total. The van der Waals surface area contributed by atoms with Crippen LogP contribution in [0.15, 0.2) is 6.33 Å². The van der Waals surface area contributed by atoms with Gasteiger partial charge in [0.2, 0.25) is 0 Å².